The summed E-state index contributed by atoms with van der Waals surface area (Å²) in [5, 5.41) is 0. The van der Waals surface area contributed by atoms with Crippen LogP contribution in [0.2, 0.25) is 0 Å². The lowest BCUT2D eigenvalue weighted by Gasteiger charge is -2.17. The van der Waals surface area contributed by atoms with Gasteiger partial charge in [-0.1, -0.05) is 24.3 Å². The molecule has 1 fully saturated rings. The average molecular weight is 407 g/mol. The predicted molar refractivity (Wildman–Crippen MR) is 102 cm³/mol. The van der Waals surface area contributed by atoms with Crippen LogP contribution in [-0.2, 0) is 26.5 Å². The summed E-state index contributed by atoms with van der Waals surface area (Å²) >= 11 is 0. The van der Waals surface area contributed by atoms with Crippen molar-refractivity contribution in [2.45, 2.75) is 41.5 Å². The SMILES string of the molecule is O=S(=O)(N[C@H]1CCc2ccccc21)c1ccc(S(=O)(=O)N2CCCC2)cc1. The zero-order valence-electron chi connectivity index (χ0n) is 14.8. The van der Waals surface area contributed by atoms with Crippen molar-refractivity contribution in [3.63, 3.8) is 0 Å². The highest BCUT2D eigenvalue weighted by Crippen LogP contribution is 2.32. The van der Waals surface area contributed by atoms with Crippen LogP contribution in [0.1, 0.15) is 36.4 Å². The Kier molecular flexibility index (Phi) is 4.84. The molecule has 6 nitrogen and oxygen atoms in total. The Morgan fingerprint density at radius 1 is 0.852 bits per heavy atom. The summed E-state index contributed by atoms with van der Waals surface area (Å²) in [4.78, 5) is 0.210. The van der Waals surface area contributed by atoms with Crippen LogP contribution < -0.4 is 4.72 Å². The lowest BCUT2D eigenvalue weighted by Crippen LogP contribution is -2.28. The number of nitrogens with zero attached hydrogens (tertiary/aromatic N) is 1. The highest BCUT2D eigenvalue weighted by Gasteiger charge is 2.29. The molecule has 0 unspecified atom stereocenters. The number of fused-ring (bicyclic) bond motifs is 1. The van der Waals surface area contributed by atoms with Crippen molar-refractivity contribution >= 4 is 20.0 Å². The van der Waals surface area contributed by atoms with Gasteiger partial charge in [-0.05, 0) is 61.1 Å². The van der Waals surface area contributed by atoms with Gasteiger partial charge in [-0.15, -0.1) is 0 Å². The molecule has 0 saturated carbocycles. The minimum Gasteiger partial charge on any atom is -0.207 e. The third-order valence-electron chi connectivity index (χ3n) is 5.27. The monoisotopic (exact) mass is 406 g/mol. The number of aryl methyl sites for hydroxylation is 1. The van der Waals surface area contributed by atoms with Crippen LogP contribution in [0.25, 0.3) is 0 Å². The molecule has 1 atom stereocenters. The van der Waals surface area contributed by atoms with Gasteiger partial charge in [-0.3, -0.25) is 0 Å². The van der Waals surface area contributed by atoms with E-state index in [2.05, 4.69) is 4.72 Å². The maximum absolute atomic E-state index is 12.7. The quantitative estimate of drug-likeness (QED) is 0.827. The van der Waals surface area contributed by atoms with Crippen LogP contribution in [0.4, 0.5) is 0 Å². The van der Waals surface area contributed by atoms with Crippen molar-refractivity contribution in [3.05, 3.63) is 59.7 Å². The fourth-order valence-electron chi connectivity index (χ4n) is 3.80. The molecule has 1 saturated heterocycles. The first-order valence-electron chi connectivity index (χ1n) is 9.08. The molecule has 2 aromatic rings. The van der Waals surface area contributed by atoms with E-state index < -0.39 is 20.0 Å². The molecule has 2 aromatic carbocycles. The lowest BCUT2D eigenvalue weighted by atomic mass is 10.1. The van der Waals surface area contributed by atoms with Crippen molar-refractivity contribution in [2.24, 2.45) is 0 Å². The van der Waals surface area contributed by atoms with E-state index in [0.717, 1.165) is 36.8 Å². The van der Waals surface area contributed by atoms with Gasteiger partial charge in [0.05, 0.1) is 9.79 Å². The first-order valence-corrected chi connectivity index (χ1v) is 12.0. The molecule has 0 amide bonds. The van der Waals surface area contributed by atoms with Gasteiger partial charge in [0.15, 0.2) is 0 Å². The topological polar surface area (TPSA) is 83.5 Å². The minimum atomic E-state index is -3.73. The molecule has 1 heterocycles. The Bertz CT molecular complexity index is 1040. The van der Waals surface area contributed by atoms with E-state index in [1.54, 1.807) is 0 Å². The Morgan fingerprint density at radius 3 is 2.19 bits per heavy atom. The summed E-state index contributed by atoms with van der Waals surface area (Å²) < 4.78 is 54.8. The molecule has 2 aliphatic rings. The first-order chi connectivity index (χ1) is 12.9. The molecule has 4 rings (SSSR count). The maximum atomic E-state index is 12.7. The number of benzene rings is 2. The maximum Gasteiger partial charge on any atom is 0.243 e. The van der Waals surface area contributed by atoms with Gasteiger partial charge in [-0.25, -0.2) is 21.6 Å². The molecule has 1 N–H and O–H groups in total. The third-order valence-corrected chi connectivity index (χ3v) is 8.67. The Balaban J connectivity index is 1.55. The van der Waals surface area contributed by atoms with Crippen molar-refractivity contribution in [3.8, 4) is 0 Å². The van der Waals surface area contributed by atoms with Gasteiger partial charge < -0.3 is 0 Å². The highest BCUT2D eigenvalue weighted by atomic mass is 32.2. The minimum absolute atomic E-state index is 0.0762. The molecular weight excluding hydrogens is 384 g/mol. The second-order valence-corrected chi connectivity index (χ2v) is 10.6. The van der Waals surface area contributed by atoms with E-state index in [9.17, 15) is 16.8 Å². The second kappa shape index (κ2) is 7.01. The Hall–Kier alpha value is -1.74. The summed E-state index contributed by atoms with van der Waals surface area (Å²) in [6.45, 7) is 1.04. The van der Waals surface area contributed by atoms with Crippen LogP contribution >= 0.6 is 0 Å². The largest absolute Gasteiger partial charge is 0.243 e. The number of rotatable bonds is 5. The van der Waals surface area contributed by atoms with Gasteiger partial charge in [0, 0.05) is 19.1 Å². The van der Waals surface area contributed by atoms with Gasteiger partial charge in [0.1, 0.15) is 0 Å². The average Bonchev–Trinajstić information content (AvgIpc) is 3.33. The summed E-state index contributed by atoms with van der Waals surface area (Å²) in [5.74, 6) is 0. The first kappa shape index (κ1) is 18.6. The van der Waals surface area contributed by atoms with Crippen LogP contribution in [-0.4, -0.2) is 34.2 Å². The fraction of sp³-hybridized carbons (Fsp3) is 0.368. The number of hydrogen-bond donors (Lipinski definition) is 1. The lowest BCUT2D eigenvalue weighted by molar-refractivity contribution is 0.477. The van der Waals surface area contributed by atoms with E-state index in [4.69, 9.17) is 0 Å². The van der Waals surface area contributed by atoms with Gasteiger partial charge in [0.2, 0.25) is 20.0 Å². The van der Waals surface area contributed by atoms with E-state index in [0.29, 0.717) is 13.1 Å². The molecule has 144 valence electrons. The zero-order valence-corrected chi connectivity index (χ0v) is 16.5. The highest BCUT2D eigenvalue weighted by molar-refractivity contribution is 7.89. The molecule has 1 aliphatic heterocycles. The summed E-state index contributed by atoms with van der Waals surface area (Å²) in [7, 11) is -7.27. The smallest absolute Gasteiger partial charge is 0.207 e. The summed E-state index contributed by atoms with van der Waals surface area (Å²) in [6.07, 6.45) is 3.29. The van der Waals surface area contributed by atoms with E-state index >= 15 is 0 Å². The van der Waals surface area contributed by atoms with Crippen molar-refractivity contribution in [1.29, 1.82) is 0 Å². The van der Waals surface area contributed by atoms with Gasteiger partial charge in [-0.2, -0.15) is 4.31 Å². The molecular formula is C19H22N2O4S2. The summed E-state index contributed by atoms with van der Waals surface area (Å²) in [5.41, 5.74) is 2.17. The second-order valence-electron chi connectivity index (χ2n) is 6.99. The predicted octanol–water partition coefficient (Wildman–Crippen LogP) is 2.44. The van der Waals surface area contributed by atoms with Crippen molar-refractivity contribution in [1.82, 2.24) is 9.03 Å². The van der Waals surface area contributed by atoms with Crippen molar-refractivity contribution < 1.29 is 16.8 Å². The number of hydrogen-bond acceptors (Lipinski definition) is 4. The molecule has 0 radical (unpaired) electrons. The standard InChI is InChI=1S/C19H22N2O4S2/c22-26(23,20-19-12-7-15-5-1-2-6-18(15)19)16-8-10-17(11-9-16)27(24,25)21-13-3-4-14-21/h1-2,5-6,8-11,19-20H,3-4,7,12-14H2/t19-/m0/s1. The molecule has 0 aromatic heterocycles. The van der Waals surface area contributed by atoms with Crippen LogP contribution in [0.3, 0.4) is 0 Å². The summed E-state index contributed by atoms with van der Waals surface area (Å²) in [6, 6.07) is 13.1. The van der Waals surface area contributed by atoms with Gasteiger partial charge >= 0.3 is 0 Å². The Labute approximate surface area is 160 Å². The molecule has 0 bridgehead atoms. The molecule has 1 aliphatic carbocycles. The molecule has 27 heavy (non-hydrogen) atoms. The Morgan fingerprint density at radius 2 is 1.48 bits per heavy atom. The zero-order chi connectivity index (χ0) is 19.1. The van der Waals surface area contributed by atoms with E-state index in [1.807, 2.05) is 24.3 Å². The van der Waals surface area contributed by atoms with Crippen LogP contribution in [0, 0.1) is 0 Å². The fourth-order valence-corrected chi connectivity index (χ4v) is 6.57. The molecule has 0 spiro atoms. The van der Waals surface area contributed by atoms with Gasteiger partial charge in [0.25, 0.3) is 0 Å². The molecule has 8 heteroatoms. The van der Waals surface area contributed by atoms with Crippen LogP contribution in [0.5, 0.6) is 0 Å². The van der Waals surface area contributed by atoms with E-state index in [1.165, 1.54) is 28.6 Å². The van der Waals surface area contributed by atoms with Crippen LogP contribution in [0.15, 0.2) is 58.3 Å². The third kappa shape index (κ3) is 3.54. The number of nitrogens with one attached hydrogen (secondary N) is 1. The number of sulfonamides is 2. The van der Waals surface area contributed by atoms with E-state index in [-0.39, 0.29) is 15.8 Å². The van der Waals surface area contributed by atoms with Crippen molar-refractivity contribution in [2.75, 3.05) is 13.1 Å². The normalized spacial score (nSPS) is 20.7.